The van der Waals surface area contributed by atoms with Crippen LogP contribution in [0.3, 0.4) is 0 Å². The van der Waals surface area contributed by atoms with E-state index < -0.39 is 0 Å². The zero-order valence-electron chi connectivity index (χ0n) is 14.7. The lowest BCUT2D eigenvalue weighted by atomic mass is 10.1. The lowest BCUT2D eigenvalue weighted by molar-refractivity contribution is -0.115. The maximum atomic E-state index is 11.9. The highest BCUT2D eigenvalue weighted by molar-refractivity contribution is 8.01. The lowest BCUT2D eigenvalue weighted by Gasteiger charge is -2.05. The van der Waals surface area contributed by atoms with Crippen molar-refractivity contribution in [2.45, 2.75) is 24.6 Å². The molecule has 3 aromatic rings. The second kappa shape index (κ2) is 8.82. The molecule has 0 aliphatic carbocycles. The van der Waals surface area contributed by atoms with Gasteiger partial charge in [0.15, 0.2) is 4.34 Å². The molecule has 0 saturated carbocycles. The minimum Gasteiger partial charge on any atom is -0.330 e. The van der Waals surface area contributed by atoms with Gasteiger partial charge in [-0.2, -0.15) is 0 Å². The summed E-state index contributed by atoms with van der Waals surface area (Å²) in [6.07, 6.45) is 0.430. The van der Waals surface area contributed by atoms with Gasteiger partial charge < -0.3 is 10.6 Å². The first-order valence-electron chi connectivity index (χ1n) is 8.25. The van der Waals surface area contributed by atoms with Gasteiger partial charge in [-0.1, -0.05) is 47.4 Å². The monoisotopic (exact) mass is 384 g/mol. The van der Waals surface area contributed by atoms with Crippen molar-refractivity contribution in [2.75, 3.05) is 16.4 Å². The van der Waals surface area contributed by atoms with Crippen LogP contribution in [0, 0.1) is 13.8 Å². The van der Waals surface area contributed by atoms with Gasteiger partial charge in [-0.05, 0) is 49.2 Å². The van der Waals surface area contributed by atoms with Gasteiger partial charge in [0.25, 0.3) is 0 Å². The number of aromatic nitrogens is 2. The van der Waals surface area contributed by atoms with E-state index in [-0.39, 0.29) is 5.91 Å². The number of hydrogen-bond donors (Lipinski definition) is 2. The predicted octanol–water partition coefficient (Wildman–Crippen LogP) is 5.02. The molecule has 1 aromatic heterocycles. The van der Waals surface area contributed by atoms with E-state index in [1.807, 2.05) is 36.4 Å². The Kier molecular flexibility index (Phi) is 6.25. The molecule has 0 bridgehead atoms. The van der Waals surface area contributed by atoms with Gasteiger partial charge in [0, 0.05) is 23.5 Å². The normalized spacial score (nSPS) is 10.5. The third kappa shape index (κ3) is 5.31. The number of nitrogens with one attached hydrogen (secondary N) is 2. The smallest absolute Gasteiger partial charge is 0.225 e. The Bertz CT molecular complexity index is 880. The second-order valence-corrected chi connectivity index (χ2v) is 8.13. The number of anilines is 3. The Balaban J connectivity index is 1.46. The van der Waals surface area contributed by atoms with E-state index >= 15 is 0 Å². The molecular formula is C19H20N4OS2. The Morgan fingerprint density at radius 2 is 1.85 bits per heavy atom. The number of hydrogen-bond acceptors (Lipinski definition) is 6. The van der Waals surface area contributed by atoms with Crippen molar-refractivity contribution in [3.8, 4) is 0 Å². The Hall–Kier alpha value is -2.38. The van der Waals surface area contributed by atoms with Gasteiger partial charge in [-0.15, -0.1) is 10.2 Å². The highest BCUT2D eigenvalue weighted by atomic mass is 32.2. The summed E-state index contributed by atoms with van der Waals surface area (Å²) in [6, 6.07) is 15.7. The van der Waals surface area contributed by atoms with Gasteiger partial charge in [-0.3, -0.25) is 4.79 Å². The molecule has 1 heterocycles. The molecule has 0 aliphatic rings. The Labute approximate surface area is 161 Å². The Morgan fingerprint density at radius 1 is 1.04 bits per heavy atom. The first-order valence-corrected chi connectivity index (χ1v) is 10.1. The topological polar surface area (TPSA) is 66.9 Å². The molecular weight excluding hydrogens is 364 g/mol. The average Bonchev–Trinajstić information content (AvgIpc) is 3.06. The van der Waals surface area contributed by atoms with Crippen molar-refractivity contribution in [3.63, 3.8) is 0 Å². The highest BCUT2D eigenvalue weighted by Gasteiger charge is 2.08. The number of thioether (sulfide) groups is 1. The van der Waals surface area contributed by atoms with Crippen molar-refractivity contribution in [1.29, 1.82) is 0 Å². The maximum absolute atomic E-state index is 11.9. The molecule has 0 radical (unpaired) electrons. The molecule has 134 valence electrons. The van der Waals surface area contributed by atoms with E-state index in [2.05, 4.69) is 46.8 Å². The summed E-state index contributed by atoms with van der Waals surface area (Å²) in [7, 11) is 0. The van der Waals surface area contributed by atoms with Crippen LogP contribution in [0.2, 0.25) is 0 Å². The molecule has 0 saturated heterocycles. The molecule has 0 spiro atoms. The molecule has 0 fully saturated rings. The van der Waals surface area contributed by atoms with E-state index in [1.54, 1.807) is 11.8 Å². The van der Waals surface area contributed by atoms with Crippen LogP contribution in [0.5, 0.6) is 0 Å². The largest absolute Gasteiger partial charge is 0.330 e. The standard InChI is InChI=1S/C19H20N4OS2/c1-13-8-9-16(12-14(13)2)21-18-22-23-19(26-18)25-11-10-17(24)20-15-6-4-3-5-7-15/h3-9,12H,10-11H2,1-2H3,(H,20,24)(H,21,22). The van der Waals surface area contributed by atoms with E-state index in [4.69, 9.17) is 0 Å². The predicted molar refractivity (Wildman–Crippen MR) is 110 cm³/mol. The molecule has 2 N–H and O–H groups in total. The zero-order chi connectivity index (χ0) is 18.4. The SMILES string of the molecule is Cc1ccc(Nc2nnc(SCCC(=O)Nc3ccccc3)s2)cc1C. The zero-order valence-corrected chi connectivity index (χ0v) is 16.3. The third-order valence-electron chi connectivity index (χ3n) is 3.78. The van der Waals surface area contributed by atoms with E-state index in [9.17, 15) is 4.79 Å². The number of carbonyl (C=O) groups is 1. The molecule has 2 aromatic carbocycles. The van der Waals surface area contributed by atoms with Crippen molar-refractivity contribution in [2.24, 2.45) is 0 Å². The van der Waals surface area contributed by atoms with Crippen LogP contribution in [0.25, 0.3) is 0 Å². The number of nitrogens with zero attached hydrogens (tertiary/aromatic N) is 2. The van der Waals surface area contributed by atoms with Crippen LogP contribution in [-0.4, -0.2) is 21.9 Å². The van der Waals surface area contributed by atoms with Crippen molar-refractivity contribution >= 4 is 45.5 Å². The molecule has 0 atom stereocenters. The minimum atomic E-state index is 0.00157. The van der Waals surface area contributed by atoms with Crippen molar-refractivity contribution in [3.05, 3.63) is 59.7 Å². The molecule has 3 rings (SSSR count). The van der Waals surface area contributed by atoms with Crippen LogP contribution >= 0.6 is 23.1 Å². The summed E-state index contributed by atoms with van der Waals surface area (Å²) in [5.41, 5.74) is 4.32. The average molecular weight is 385 g/mol. The van der Waals surface area contributed by atoms with Gasteiger partial charge in [0.05, 0.1) is 0 Å². The van der Waals surface area contributed by atoms with Gasteiger partial charge in [0.2, 0.25) is 11.0 Å². The van der Waals surface area contributed by atoms with Crippen LogP contribution in [-0.2, 0) is 4.79 Å². The summed E-state index contributed by atoms with van der Waals surface area (Å²) in [5.74, 6) is 0.665. The van der Waals surface area contributed by atoms with Crippen LogP contribution in [0.1, 0.15) is 17.5 Å². The fourth-order valence-electron chi connectivity index (χ4n) is 2.24. The summed E-state index contributed by atoms with van der Waals surface area (Å²) < 4.78 is 0.851. The summed E-state index contributed by atoms with van der Waals surface area (Å²) in [5, 5.41) is 15.2. The molecule has 0 unspecified atom stereocenters. The van der Waals surface area contributed by atoms with Gasteiger partial charge >= 0.3 is 0 Å². The van der Waals surface area contributed by atoms with Crippen LogP contribution < -0.4 is 10.6 Å². The quantitative estimate of drug-likeness (QED) is 0.560. The van der Waals surface area contributed by atoms with E-state index in [1.165, 1.54) is 22.5 Å². The number of aryl methyl sites for hydroxylation is 2. The molecule has 7 heteroatoms. The maximum Gasteiger partial charge on any atom is 0.225 e. The number of benzene rings is 2. The highest BCUT2D eigenvalue weighted by Crippen LogP contribution is 2.28. The van der Waals surface area contributed by atoms with Gasteiger partial charge in [0.1, 0.15) is 0 Å². The van der Waals surface area contributed by atoms with Crippen molar-refractivity contribution in [1.82, 2.24) is 10.2 Å². The molecule has 26 heavy (non-hydrogen) atoms. The number of para-hydroxylation sites is 1. The van der Waals surface area contributed by atoms with Gasteiger partial charge in [-0.25, -0.2) is 0 Å². The first kappa shape index (κ1) is 18.4. The van der Waals surface area contributed by atoms with Crippen molar-refractivity contribution < 1.29 is 4.79 Å². The molecule has 5 nitrogen and oxygen atoms in total. The molecule has 1 amide bonds. The molecule has 0 aliphatic heterocycles. The fraction of sp³-hybridized carbons (Fsp3) is 0.211. The summed E-state index contributed by atoms with van der Waals surface area (Å²) in [4.78, 5) is 11.9. The summed E-state index contributed by atoms with van der Waals surface area (Å²) in [6.45, 7) is 4.18. The van der Waals surface area contributed by atoms with E-state index in [0.717, 1.165) is 20.8 Å². The fourth-order valence-corrected chi connectivity index (χ4v) is 4.02. The van der Waals surface area contributed by atoms with E-state index in [0.29, 0.717) is 12.2 Å². The van der Waals surface area contributed by atoms with Crippen LogP contribution in [0.4, 0.5) is 16.5 Å². The Morgan fingerprint density at radius 3 is 2.62 bits per heavy atom. The number of rotatable bonds is 7. The third-order valence-corrected chi connectivity index (χ3v) is 5.75. The lowest BCUT2D eigenvalue weighted by Crippen LogP contribution is -2.11. The number of amides is 1. The minimum absolute atomic E-state index is 0.00157. The summed E-state index contributed by atoms with van der Waals surface area (Å²) >= 11 is 3.03. The number of carbonyl (C=O) groups excluding carboxylic acids is 1. The second-order valence-electron chi connectivity index (χ2n) is 5.81. The first-order chi connectivity index (χ1) is 12.6. The van der Waals surface area contributed by atoms with Crippen LogP contribution in [0.15, 0.2) is 52.9 Å².